The molecule has 12 heavy (non-hydrogen) atoms. The molecule has 0 aromatic rings. The fourth-order valence-electron chi connectivity index (χ4n) is 1.30. The van der Waals surface area contributed by atoms with Crippen molar-refractivity contribution in [1.82, 2.24) is 0 Å². The maximum Gasteiger partial charge on any atom is 0.384 e. The smallest absolute Gasteiger partial charge is 0.384 e. The van der Waals surface area contributed by atoms with Gasteiger partial charge >= 0.3 is 5.97 Å². The Morgan fingerprint density at radius 1 is 1.58 bits per heavy atom. The fraction of sp³-hybridized carbons (Fsp3) is 0.700. The summed E-state index contributed by atoms with van der Waals surface area (Å²) in [5.74, 6) is 5.09. The Balaban J connectivity index is 2.47. The van der Waals surface area contributed by atoms with Gasteiger partial charge in [0.25, 0.3) is 0 Å². The summed E-state index contributed by atoms with van der Waals surface area (Å²) in [4.78, 5) is 10.7. The highest BCUT2D eigenvalue weighted by molar-refractivity contribution is 5.88. The van der Waals surface area contributed by atoms with Crippen LogP contribution < -0.4 is 0 Å². The minimum Gasteiger partial charge on any atom is -0.459 e. The Morgan fingerprint density at radius 3 is 2.67 bits per heavy atom. The highest BCUT2D eigenvalue weighted by Crippen LogP contribution is 2.48. The predicted molar refractivity (Wildman–Crippen MR) is 46.4 cm³/mol. The molecule has 2 heteroatoms. The van der Waals surface area contributed by atoms with E-state index in [-0.39, 0.29) is 5.41 Å². The minimum atomic E-state index is -0.419. The van der Waals surface area contributed by atoms with E-state index in [9.17, 15) is 4.79 Å². The molecule has 0 saturated heterocycles. The molecule has 1 fully saturated rings. The first-order chi connectivity index (χ1) is 5.72. The molecular formula is C10H14O2. The van der Waals surface area contributed by atoms with Gasteiger partial charge in [-0.3, -0.25) is 0 Å². The lowest BCUT2D eigenvalue weighted by molar-refractivity contribution is -0.133. The third kappa shape index (κ3) is 2.27. The van der Waals surface area contributed by atoms with Crippen LogP contribution in [0.2, 0.25) is 0 Å². The maximum absolute atomic E-state index is 10.7. The van der Waals surface area contributed by atoms with Crippen molar-refractivity contribution in [3.63, 3.8) is 0 Å². The van der Waals surface area contributed by atoms with E-state index in [4.69, 9.17) is 0 Å². The van der Waals surface area contributed by atoms with Crippen LogP contribution in [0.4, 0.5) is 0 Å². The van der Waals surface area contributed by atoms with Crippen LogP contribution in [0.15, 0.2) is 0 Å². The van der Waals surface area contributed by atoms with Crippen LogP contribution >= 0.6 is 0 Å². The van der Waals surface area contributed by atoms with Crippen LogP contribution in [-0.2, 0) is 9.53 Å². The van der Waals surface area contributed by atoms with Crippen LogP contribution in [0.5, 0.6) is 0 Å². The third-order valence-electron chi connectivity index (χ3n) is 2.20. The zero-order valence-electron chi connectivity index (χ0n) is 7.64. The molecule has 1 rings (SSSR count). The molecule has 0 aliphatic heterocycles. The van der Waals surface area contributed by atoms with E-state index in [0.29, 0.717) is 0 Å². The predicted octanol–water partition coefficient (Wildman–Crippen LogP) is 1.74. The molecule has 0 N–H and O–H groups in total. The molecule has 0 amide bonds. The van der Waals surface area contributed by atoms with Gasteiger partial charge in [0.1, 0.15) is 0 Å². The first-order valence-electron chi connectivity index (χ1n) is 4.33. The summed E-state index contributed by atoms with van der Waals surface area (Å²) >= 11 is 0. The van der Waals surface area contributed by atoms with Crippen molar-refractivity contribution < 1.29 is 9.53 Å². The lowest BCUT2D eigenvalue weighted by atomic mass is 10.0. The molecule has 66 valence electrons. The Bertz CT molecular complexity index is 228. The number of ether oxygens (including phenoxy) is 1. The largest absolute Gasteiger partial charge is 0.459 e. The molecule has 0 bridgehead atoms. The molecular weight excluding hydrogens is 152 g/mol. The van der Waals surface area contributed by atoms with Crippen molar-refractivity contribution in [2.24, 2.45) is 5.41 Å². The van der Waals surface area contributed by atoms with E-state index in [0.717, 1.165) is 25.7 Å². The van der Waals surface area contributed by atoms with Gasteiger partial charge in [0.15, 0.2) is 0 Å². The number of rotatable bonds is 2. The van der Waals surface area contributed by atoms with Gasteiger partial charge in [0.05, 0.1) is 7.11 Å². The van der Waals surface area contributed by atoms with Crippen molar-refractivity contribution in [2.75, 3.05) is 7.11 Å². The number of carbonyl (C=O) groups is 1. The lowest BCUT2D eigenvalue weighted by Gasteiger charge is -2.02. The normalized spacial score (nSPS) is 17.5. The fourth-order valence-corrected chi connectivity index (χ4v) is 1.30. The van der Waals surface area contributed by atoms with Crippen molar-refractivity contribution in [3.8, 4) is 11.8 Å². The number of esters is 1. The van der Waals surface area contributed by atoms with Crippen molar-refractivity contribution in [1.29, 1.82) is 0 Å². The Labute approximate surface area is 73.3 Å². The summed E-state index contributed by atoms with van der Waals surface area (Å²) in [5.41, 5.74) is 0.170. The number of carbonyl (C=O) groups excluding carboxylic acids is 1. The van der Waals surface area contributed by atoms with E-state index in [1.165, 1.54) is 7.11 Å². The first kappa shape index (κ1) is 9.12. The summed E-state index contributed by atoms with van der Waals surface area (Å²) in [5, 5.41) is 0. The summed E-state index contributed by atoms with van der Waals surface area (Å²) in [6.45, 7) is 2.14. The number of hydrogen-bond acceptors (Lipinski definition) is 2. The molecule has 0 atom stereocenters. The van der Waals surface area contributed by atoms with Gasteiger partial charge < -0.3 is 4.74 Å². The van der Waals surface area contributed by atoms with E-state index in [1.807, 2.05) is 0 Å². The Kier molecular flexibility index (Phi) is 2.75. The van der Waals surface area contributed by atoms with Crippen molar-refractivity contribution in [2.45, 2.75) is 32.6 Å². The summed E-state index contributed by atoms with van der Waals surface area (Å²) in [6.07, 6.45) is 4.53. The highest BCUT2D eigenvalue weighted by Gasteiger charge is 2.39. The van der Waals surface area contributed by atoms with Gasteiger partial charge in [-0.05, 0) is 19.3 Å². The van der Waals surface area contributed by atoms with Gasteiger partial charge in [0.2, 0.25) is 0 Å². The standard InChI is InChI=1S/C10H14O2/c1-3-5-10(7-8-10)6-4-9(11)12-2/h3,5,7-8H2,1-2H3. The lowest BCUT2D eigenvalue weighted by Crippen LogP contribution is -1.99. The molecule has 0 radical (unpaired) electrons. The van der Waals surface area contributed by atoms with E-state index < -0.39 is 5.97 Å². The first-order valence-corrected chi connectivity index (χ1v) is 4.33. The van der Waals surface area contributed by atoms with Crippen LogP contribution in [0.3, 0.4) is 0 Å². The van der Waals surface area contributed by atoms with Gasteiger partial charge in [-0.25, -0.2) is 4.79 Å². The molecule has 2 nitrogen and oxygen atoms in total. The second-order valence-electron chi connectivity index (χ2n) is 3.27. The van der Waals surface area contributed by atoms with Gasteiger partial charge in [-0.2, -0.15) is 0 Å². The van der Waals surface area contributed by atoms with Gasteiger partial charge in [-0.15, -0.1) is 0 Å². The van der Waals surface area contributed by atoms with Crippen molar-refractivity contribution >= 4 is 5.97 Å². The monoisotopic (exact) mass is 166 g/mol. The summed E-state index contributed by atoms with van der Waals surface area (Å²) in [6, 6.07) is 0. The quantitative estimate of drug-likeness (QED) is 0.355. The van der Waals surface area contributed by atoms with Crippen LogP contribution in [0.1, 0.15) is 32.6 Å². The van der Waals surface area contributed by atoms with E-state index in [1.54, 1.807) is 0 Å². The molecule has 0 heterocycles. The van der Waals surface area contributed by atoms with Crippen molar-refractivity contribution in [3.05, 3.63) is 0 Å². The zero-order chi connectivity index (χ0) is 9.03. The Morgan fingerprint density at radius 2 is 2.25 bits per heavy atom. The molecule has 1 aliphatic rings. The SMILES string of the molecule is CCCC1(C#CC(=O)OC)CC1. The topological polar surface area (TPSA) is 26.3 Å². The second-order valence-corrected chi connectivity index (χ2v) is 3.27. The second kappa shape index (κ2) is 3.62. The number of hydrogen-bond donors (Lipinski definition) is 0. The molecule has 0 aromatic carbocycles. The average molecular weight is 166 g/mol. The molecule has 0 spiro atoms. The van der Waals surface area contributed by atoms with Crippen LogP contribution in [-0.4, -0.2) is 13.1 Å². The minimum absolute atomic E-state index is 0.170. The van der Waals surface area contributed by atoms with Crippen LogP contribution in [0, 0.1) is 17.3 Å². The maximum atomic E-state index is 10.7. The average Bonchev–Trinajstić information content (AvgIpc) is 2.82. The highest BCUT2D eigenvalue weighted by atomic mass is 16.5. The van der Waals surface area contributed by atoms with Gasteiger partial charge in [-0.1, -0.05) is 19.3 Å². The van der Waals surface area contributed by atoms with E-state index >= 15 is 0 Å². The van der Waals surface area contributed by atoms with Gasteiger partial charge in [0, 0.05) is 11.3 Å². The molecule has 1 aliphatic carbocycles. The van der Waals surface area contributed by atoms with Crippen LogP contribution in [0.25, 0.3) is 0 Å². The molecule has 0 aromatic heterocycles. The van der Waals surface area contributed by atoms with E-state index in [2.05, 4.69) is 23.5 Å². The third-order valence-corrected chi connectivity index (χ3v) is 2.20. The summed E-state index contributed by atoms with van der Waals surface area (Å²) in [7, 11) is 1.36. The molecule has 0 unspecified atom stereocenters. The molecule has 1 saturated carbocycles. The zero-order valence-corrected chi connectivity index (χ0v) is 7.64. The Hall–Kier alpha value is -0.970. The number of methoxy groups -OCH3 is 1. The summed E-state index contributed by atoms with van der Waals surface area (Å²) < 4.78 is 4.44.